The highest BCUT2D eigenvalue weighted by molar-refractivity contribution is 6.00. The quantitative estimate of drug-likeness (QED) is 0.668. The highest BCUT2D eigenvalue weighted by Crippen LogP contribution is 2.36. The number of carbonyl (C=O) groups excluding carboxylic acids is 1. The third-order valence-electron chi connectivity index (χ3n) is 5.13. The number of hydrogen-bond acceptors (Lipinski definition) is 5. The van der Waals surface area contributed by atoms with E-state index in [1.807, 2.05) is 0 Å². The van der Waals surface area contributed by atoms with Crippen molar-refractivity contribution in [2.75, 3.05) is 0 Å². The van der Waals surface area contributed by atoms with E-state index in [0.29, 0.717) is 18.1 Å². The normalized spacial score (nSPS) is 17.9. The Morgan fingerprint density at radius 2 is 1.93 bits per heavy atom. The molecule has 0 radical (unpaired) electrons. The Bertz CT molecular complexity index is 1190. The lowest BCUT2D eigenvalue weighted by Gasteiger charge is -2.32. The molecule has 0 bridgehead atoms. The number of benzene rings is 1. The Morgan fingerprint density at radius 3 is 2.70 bits per heavy atom. The number of nitrogens with two attached hydrogens (primary N) is 1. The monoisotopic (exact) mass is 410 g/mol. The van der Waals surface area contributed by atoms with Crippen molar-refractivity contribution in [1.29, 1.82) is 0 Å². The molecule has 0 saturated heterocycles. The highest BCUT2D eigenvalue weighted by atomic mass is 19.1. The van der Waals surface area contributed by atoms with E-state index < -0.39 is 34.5 Å². The summed E-state index contributed by atoms with van der Waals surface area (Å²) in [5.41, 5.74) is 6.95. The van der Waals surface area contributed by atoms with E-state index in [1.165, 1.54) is 18.2 Å². The molecule has 1 aliphatic heterocycles. The van der Waals surface area contributed by atoms with Crippen LogP contribution < -0.4 is 5.73 Å². The summed E-state index contributed by atoms with van der Waals surface area (Å²) < 4.78 is 41.6. The lowest BCUT2D eigenvalue weighted by molar-refractivity contribution is 0.0983. The molecule has 0 spiro atoms. The zero-order valence-electron chi connectivity index (χ0n) is 16.0. The molecule has 0 amide bonds. The highest BCUT2D eigenvalue weighted by Gasteiger charge is 2.34. The van der Waals surface area contributed by atoms with Gasteiger partial charge in [-0.3, -0.25) is 14.8 Å². The number of pyridine rings is 2. The molecule has 2 N–H and O–H groups in total. The number of nitrogens with zero attached hydrogens (tertiary/aromatic N) is 3. The third kappa shape index (κ3) is 3.56. The molecule has 1 unspecified atom stereocenters. The standard InChI is InChI=1S/C22H17F3N4O/c1-22(9-13-10-27-5-4-15(13)21(26)29-22)16-6-12(2-3-17(16)24)7-19(30)20-18(25)8-14(23)11-28-20/h2-6,8,10-11H,7,9H2,1H3,(H2,26,29). The van der Waals surface area contributed by atoms with Crippen LogP contribution in [0.15, 0.2) is 53.9 Å². The molecular formula is C22H17F3N4O. The molecular weight excluding hydrogens is 393 g/mol. The van der Waals surface area contributed by atoms with E-state index in [1.54, 1.807) is 25.4 Å². The Hall–Kier alpha value is -3.55. The van der Waals surface area contributed by atoms with E-state index >= 15 is 0 Å². The zero-order valence-corrected chi connectivity index (χ0v) is 16.0. The lowest BCUT2D eigenvalue weighted by atomic mass is 9.81. The number of fused-ring (bicyclic) bond motifs is 1. The van der Waals surface area contributed by atoms with Crippen LogP contribution in [0.25, 0.3) is 0 Å². The molecule has 0 fully saturated rings. The largest absolute Gasteiger partial charge is 0.383 e. The van der Waals surface area contributed by atoms with Crippen molar-refractivity contribution >= 4 is 11.6 Å². The van der Waals surface area contributed by atoms with Gasteiger partial charge in [-0.05, 0) is 36.2 Å². The number of ketones is 1. The number of aromatic nitrogens is 2. The summed E-state index contributed by atoms with van der Waals surface area (Å²) in [6, 6.07) is 6.55. The van der Waals surface area contributed by atoms with E-state index in [9.17, 15) is 18.0 Å². The number of halogens is 3. The number of rotatable bonds is 4. The fourth-order valence-electron chi connectivity index (χ4n) is 3.69. The molecule has 2 aromatic heterocycles. The van der Waals surface area contributed by atoms with E-state index in [4.69, 9.17) is 5.73 Å². The first-order chi connectivity index (χ1) is 14.3. The van der Waals surface area contributed by atoms with Gasteiger partial charge in [0.15, 0.2) is 11.6 Å². The minimum absolute atomic E-state index is 0.226. The summed E-state index contributed by atoms with van der Waals surface area (Å²) in [5, 5.41) is 0. The van der Waals surface area contributed by atoms with Crippen LogP contribution in [-0.4, -0.2) is 21.6 Å². The molecule has 0 saturated carbocycles. The van der Waals surface area contributed by atoms with Crippen LogP contribution in [0.4, 0.5) is 13.2 Å². The smallest absolute Gasteiger partial charge is 0.188 e. The Kier molecular flexibility index (Phi) is 4.85. The van der Waals surface area contributed by atoms with Crippen molar-refractivity contribution in [3.63, 3.8) is 0 Å². The maximum Gasteiger partial charge on any atom is 0.188 e. The number of aliphatic imine (C=N–C) groups is 1. The number of hydrogen-bond donors (Lipinski definition) is 1. The van der Waals surface area contributed by atoms with Crippen molar-refractivity contribution in [3.8, 4) is 0 Å². The van der Waals surface area contributed by atoms with Gasteiger partial charge in [0.25, 0.3) is 0 Å². The van der Waals surface area contributed by atoms with Gasteiger partial charge >= 0.3 is 0 Å². The van der Waals surface area contributed by atoms with Gasteiger partial charge in [0.05, 0.1) is 11.7 Å². The van der Waals surface area contributed by atoms with Crippen LogP contribution in [0, 0.1) is 17.5 Å². The molecule has 3 aromatic rings. The molecule has 8 heteroatoms. The third-order valence-corrected chi connectivity index (χ3v) is 5.13. The average molecular weight is 410 g/mol. The summed E-state index contributed by atoms with van der Waals surface area (Å²) in [7, 11) is 0. The SMILES string of the molecule is CC1(c2cc(CC(=O)c3ncc(F)cc3F)ccc2F)Cc2cnccc2C(N)=N1. The van der Waals surface area contributed by atoms with Crippen molar-refractivity contribution < 1.29 is 18.0 Å². The van der Waals surface area contributed by atoms with Crippen LogP contribution >= 0.6 is 0 Å². The average Bonchev–Trinajstić information content (AvgIpc) is 2.69. The fraction of sp³-hybridized carbons (Fsp3) is 0.182. The van der Waals surface area contributed by atoms with Crippen molar-refractivity contribution in [1.82, 2.24) is 9.97 Å². The first-order valence-electron chi connectivity index (χ1n) is 9.18. The Balaban J connectivity index is 1.67. The fourth-order valence-corrected chi connectivity index (χ4v) is 3.69. The molecule has 3 heterocycles. The van der Waals surface area contributed by atoms with Gasteiger partial charge in [0.1, 0.15) is 23.2 Å². The minimum Gasteiger partial charge on any atom is -0.383 e. The van der Waals surface area contributed by atoms with Crippen molar-refractivity contribution in [2.45, 2.75) is 25.3 Å². The predicted octanol–water partition coefficient (Wildman–Crippen LogP) is 3.50. The van der Waals surface area contributed by atoms with Crippen LogP contribution in [0.2, 0.25) is 0 Å². The lowest BCUT2D eigenvalue weighted by Crippen LogP contribution is -2.34. The van der Waals surface area contributed by atoms with Crippen LogP contribution in [0.5, 0.6) is 0 Å². The summed E-state index contributed by atoms with van der Waals surface area (Å²) in [5.74, 6) is -2.77. The maximum atomic E-state index is 14.7. The van der Waals surface area contributed by atoms with E-state index in [0.717, 1.165) is 17.3 Å². The zero-order chi connectivity index (χ0) is 21.5. The predicted molar refractivity (Wildman–Crippen MR) is 105 cm³/mol. The molecule has 1 atom stereocenters. The van der Waals surface area contributed by atoms with Crippen molar-refractivity contribution in [2.24, 2.45) is 10.7 Å². The maximum absolute atomic E-state index is 14.7. The first-order valence-corrected chi connectivity index (χ1v) is 9.18. The second-order valence-electron chi connectivity index (χ2n) is 7.38. The minimum atomic E-state index is -1.04. The van der Waals surface area contributed by atoms with E-state index in [-0.39, 0.29) is 17.8 Å². The molecule has 5 nitrogen and oxygen atoms in total. The topological polar surface area (TPSA) is 81.2 Å². The Labute approximate surface area is 170 Å². The second-order valence-corrected chi connectivity index (χ2v) is 7.38. The summed E-state index contributed by atoms with van der Waals surface area (Å²) >= 11 is 0. The molecule has 1 aromatic carbocycles. The molecule has 1 aliphatic rings. The molecule has 30 heavy (non-hydrogen) atoms. The van der Waals surface area contributed by atoms with Gasteiger partial charge in [-0.1, -0.05) is 6.07 Å². The summed E-state index contributed by atoms with van der Waals surface area (Å²) in [4.78, 5) is 24.6. The van der Waals surface area contributed by atoms with Gasteiger partial charge in [0.2, 0.25) is 0 Å². The van der Waals surface area contributed by atoms with Gasteiger partial charge in [-0.15, -0.1) is 0 Å². The van der Waals surface area contributed by atoms with Gasteiger partial charge in [-0.25, -0.2) is 18.2 Å². The number of carbonyl (C=O) groups is 1. The second kappa shape index (κ2) is 7.37. The Morgan fingerprint density at radius 1 is 1.13 bits per heavy atom. The van der Waals surface area contributed by atoms with Gasteiger partial charge in [-0.2, -0.15) is 0 Å². The molecule has 4 rings (SSSR count). The van der Waals surface area contributed by atoms with E-state index in [2.05, 4.69) is 15.0 Å². The summed E-state index contributed by atoms with van der Waals surface area (Å²) in [6.45, 7) is 1.75. The first kappa shape index (κ1) is 19.8. The van der Waals surface area contributed by atoms with Crippen LogP contribution in [-0.2, 0) is 18.4 Å². The van der Waals surface area contributed by atoms with Gasteiger partial charge < -0.3 is 5.73 Å². The molecule has 152 valence electrons. The summed E-state index contributed by atoms with van der Waals surface area (Å²) in [6.07, 6.45) is 4.21. The van der Waals surface area contributed by atoms with Crippen molar-refractivity contribution in [3.05, 3.63) is 94.3 Å². The van der Waals surface area contributed by atoms with Crippen LogP contribution in [0.3, 0.4) is 0 Å². The van der Waals surface area contributed by atoms with Gasteiger partial charge in [0, 0.05) is 42.4 Å². The molecule has 0 aliphatic carbocycles. The number of amidine groups is 1. The number of Topliss-reactive ketones (excluding diaryl/α,β-unsaturated/α-hetero) is 1. The van der Waals surface area contributed by atoms with Crippen LogP contribution in [0.1, 0.15) is 39.7 Å².